The van der Waals surface area contributed by atoms with Crippen molar-refractivity contribution in [1.82, 2.24) is 14.5 Å². The second-order valence-corrected chi connectivity index (χ2v) is 11.9. The fourth-order valence-electron chi connectivity index (χ4n) is 6.11. The van der Waals surface area contributed by atoms with Crippen molar-refractivity contribution in [3.63, 3.8) is 0 Å². The van der Waals surface area contributed by atoms with Gasteiger partial charge in [-0.05, 0) is 72.9 Å². The second-order valence-electron chi connectivity index (χ2n) is 11.9. The number of aromatic nitrogens is 2. The van der Waals surface area contributed by atoms with E-state index in [1.54, 1.807) is 0 Å². The number of ether oxygens (including phenoxy) is 4. The maximum absolute atomic E-state index is 5.74. The van der Waals surface area contributed by atoms with E-state index in [-0.39, 0.29) is 13.6 Å². The zero-order valence-electron chi connectivity index (χ0n) is 26.2. The van der Waals surface area contributed by atoms with Gasteiger partial charge in [-0.25, -0.2) is 4.98 Å². The summed E-state index contributed by atoms with van der Waals surface area (Å²) in [5.41, 5.74) is 9.39. The Labute approximate surface area is 265 Å². The van der Waals surface area contributed by atoms with E-state index in [4.69, 9.17) is 23.9 Å². The molecule has 0 aliphatic carbocycles. The number of hydrogen-bond donors (Lipinski definition) is 0. The van der Waals surface area contributed by atoms with Crippen molar-refractivity contribution in [1.29, 1.82) is 0 Å². The van der Waals surface area contributed by atoms with Crippen LogP contribution in [-0.4, -0.2) is 28.0 Å². The van der Waals surface area contributed by atoms with Gasteiger partial charge in [0, 0.05) is 37.3 Å². The number of imidazole rings is 1. The van der Waals surface area contributed by atoms with Gasteiger partial charge in [0.25, 0.3) is 0 Å². The standard InChI is InChI=1S/C38H39N3O4/c1-4-5-17-41-32(37(31-14-11-26(2)27(3)18-31)39-38(41)30-9-7-6-8-10-30)23-40(21-28-12-15-33-35(19-28)44-24-42-33)22-29-13-16-34-36(20-29)45-25-43-34/h6-16,18-20H,4-5,17,21-25H2,1-3H3. The summed E-state index contributed by atoms with van der Waals surface area (Å²) in [5, 5.41) is 0. The summed E-state index contributed by atoms with van der Waals surface area (Å²) >= 11 is 0. The molecular weight excluding hydrogens is 562 g/mol. The zero-order chi connectivity index (χ0) is 30.8. The Balaban J connectivity index is 1.33. The van der Waals surface area contributed by atoms with E-state index < -0.39 is 0 Å². The van der Waals surface area contributed by atoms with Gasteiger partial charge in [0.05, 0.1) is 11.4 Å². The van der Waals surface area contributed by atoms with Crippen LogP contribution < -0.4 is 18.9 Å². The molecule has 5 aromatic rings. The SMILES string of the molecule is CCCCn1c(-c2ccccc2)nc(-c2ccc(C)c(C)c2)c1CN(Cc1ccc2c(c1)OCO2)Cc1ccc2c(c1)OCO2. The molecule has 0 fully saturated rings. The lowest BCUT2D eigenvalue weighted by atomic mass is 10.0. The number of benzene rings is 4. The van der Waals surface area contributed by atoms with E-state index >= 15 is 0 Å². The number of aryl methyl sites for hydroxylation is 2. The average Bonchev–Trinajstić information content (AvgIpc) is 3.80. The van der Waals surface area contributed by atoms with Gasteiger partial charge in [-0.15, -0.1) is 0 Å². The maximum Gasteiger partial charge on any atom is 0.231 e. The molecule has 0 saturated heterocycles. The fourth-order valence-corrected chi connectivity index (χ4v) is 6.11. The van der Waals surface area contributed by atoms with Crippen LogP contribution >= 0.6 is 0 Å². The largest absolute Gasteiger partial charge is 0.454 e. The van der Waals surface area contributed by atoms with Gasteiger partial charge < -0.3 is 23.5 Å². The van der Waals surface area contributed by atoms with Crippen molar-refractivity contribution in [2.45, 2.75) is 59.8 Å². The first-order chi connectivity index (χ1) is 22.1. The highest BCUT2D eigenvalue weighted by atomic mass is 16.7. The molecule has 0 unspecified atom stereocenters. The van der Waals surface area contributed by atoms with Crippen LogP contribution in [0.25, 0.3) is 22.6 Å². The zero-order valence-corrected chi connectivity index (χ0v) is 26.2. The molecule has 1 aromatic heterocycles. The van der Waals surface area contributed by atoms with Crippen LogP contribution in [-0.2, 0) is 26.2 Å². The monoisotopic (exact) mass is 601 g/mol. The van der Waals surface area contributed by atoms with Gasteiger partial charge in [0.15, 0.2) is 23.0 Å². The van der Waals surface area contributed by atoms with Crippen molar-refractivity contribution in [2.75, 3.05) is 13.6 Å². The molecule has 45 heavy (non-hydrogen) atoms. The molecule has 0 amide bonds. The molecular formula is C38H39N3O4. The van der Waals surface area contributed by atoms with Crippen LogP contribution in [0.5, 0.6) is 23.0 Å². The molecule has 0 bridgehead atoms. The van der Waals surface area contributed by atoms with Crippen LogP contribution in [0.2, 0.25) is 0 Å². The smallest absolute Gasteiger partial charge is 0.231 e. The van der Waals surface area contributed by atoms with Crippen LogP contribution in [0.15, 0.2) is 84.9 Å². The third kappa shape index (κ3) is 6.13. The van der Waals surface area contributed by atoms with Crippen molar-refractivity contribution >= 4 is 0 Å². The van der Waals surface area contributed by atoms with E-state index in [0.717, 1.165) is 89.2 Å². The summed E-state index contributed by atoms with van der Waals surface area (Å²) in [7, 11) is 0. The number of nitrogens with zero attached hydrogens (tertiary/aromatic N) is 3. The summed E-state index contributed by atoms with van der Waals surface area (Å²) in [6.45, 7) is 10.1. The lowest BCUT2D eigenvalue weighted by molar-refractivity contribution is 0.173. The highest BCUT2D eigenvalue weighted by Gasteiger charge is 2.24. The Morgan fingerprint density at radius 1 is 0.667 bits per heavy atom. The molecule has 7 heteroatoms. The quantitative estimate of drug-likeness (QED) is 0.152. The molecule has 0 spiro atoms. The minimum Gasteiger partial charge on any atom is -0.454 e. The van der Waals surface area contributed by atoms with Crippen molar-refractivity contribution in [3.05, 3.63) is 113 Å². The minimum absolute atomic E-state index is 0.262. The van der Waals surface area contributed by atoms with Crippen LogP contribution in [0, 0.1) is 13.8 Å². The number of fused-ring (bicyclic) bond motifs is 2. The molecule has 7 nitrogen and oxygen atoms in total. The minimum atomic E-state index is 0.262. The van der Waals surface area contributed by atoms with Gasteiger partial charge >= 0.3 is 0 Å². The number of unbranched alkanes of at least 4 members (excludes halogenated alkanes) is 1. The highest BCUT2D eigenvalue weighted by molar-refractivity contribution is 5.69. The first kappa shape index (κ1) is 29.0. The van der Waals surface area contributed by atoms with Gasteiger partial charge in [0.2, 0.25) is 13.6 Å². The summed E-state index contributed by atoms with van der Waals surface area (Å²) in [4.78, 5) is 7.88. The third-order valence-electron chi connectivity index (χ3n) is 8.68. The van der Waals surface area contributed by atoms with Gasteiger partial charge in [-0.3, -0.25) is 4.90 Å². The van der Waals surface area contributed by atoms with E-state index in [0.29, 0.717) is 6.54 Å². The summed E-state index contributed by atoms with van der Waals surface area (Å²) < 4.78 is 25.1. The number of rotatable bonds is 11. The second kappa shape index (κ2) is 12.7. The van der Waals surface area contributed by atoms with Gasteiger partial charge in [-0.1, -0.05) is 67.9 Å². The molecule has 0 radical (unpaired) electrons. The highest BCUT2D eigenvalue weighted by Crippen LogP contribution is 2.36. The topological polar surface area (TPSA) is 58.0 Å². The average molecular weight is 602 g/mol. The fraction of sp³-hybridized carbons (Fsp3) is 0.289. The lowest BCUT2D eigenvalue weighted by Crippen LogP contribution is -2.24. The first-order valence-electron chi connectivity index (χ1n) is 15.8. The molecule has 0 N–H and O–H groups in total. The van der Waals surface area contributed by atoms with Crippen LogP contribution in [0.3, 0.4) is 0 Å². The molecule has 0 saturated carbocycles. The number of hydrogen-bond acceptors (Lipinski definition) is 6. The van der Waals surface area contributed by atoms with Crippen molar-refractivity contribution in [2.24, 2.45) is 0 Å². The summed E-state index contributed by atoms with van der Waals surface area (Å²) in [5.74, 6) is 4.20. The van der Waals surface area contributed by atoms with Gasteiger partial charge in [-0.2, -0.15) is 0 Å². The Hall–Kier alpha value is -4.75. The van der Waals surface area contributed by atoms with Crippen LogP contribution in [0.4, 0.5) is 0 Å². The maximum atomic E-state index is 5.74. The summed E-state index contributed by atoms with van der Waals surface area (Å²) in [6, 6.07) is 29.8. The molecule has 3 heterocycles. The van der Waals surface area contributed by atoms with Crippen LogP contribution in [0.1, 0.15) is 47.7 Å². The third-order valence-corrected chi connectivity index (χ3v) is 8.68. The van der Waals surface area contributed by atoms with E-state index in [9.17, 15) is 0 Å². The van der Waals surface area contributed by atoms with E-state index in [2.05, 4.69) is 103 Å². The van der Waals surface area contributed by atoms with E-state index in [1.165, 1.54) is 16.8 Å². The molecule has 4 aromatic carbocycles. The molecule has 2 aliphatic rings. The Morgan fingerprint density at radius 2 is 1.31 bits per heavy atom. The Bertz CT molecular complexity index is 1750. The lowest BCUT2D eigenvalue weighted by Gasteiger charge is -2.25. The predicted octanol–water partition coefficient (Wildman–Crippen LogP) is 8.29. The van der Waals surface area contributed by atoms with Crippen molar-refractivity contribution in [3.8, 4) is 45.6 Å². The Morgan fingerprint density at radius 3 is 1.93 bits per heavy atom. The molecule has 230 valence electrons. The van der Waals surface area contributed by atoms with E-state index in [1.807, 2.05) is 12.1 Å². The molecule has 7 rings (SSSR count). The first-order valence-corrected chi connectivity index (χ1v) is 15.8. The van der Waals surface area contributed by atoms with Gasteiger partial charge in [0.1, 0.15) is 5.82 Å². The molecule has 2 aliphatic heterocycles. The normalized spacial score (nSPS) is 13.2. The Kier molecular flexibility index (Phi) is 8.18. The summed E-state index contributed by atoms with van der Waals surface area (Å²) in [6.07, 6.45) is 2.17. The molecule has 0 atom stereocenters. The predicted molar refractivity (Wildman–Crippen MR) is 176 cm³/mol. The van der Waals surface area contributed by atoms with Crippen molar-refractivity contribution < 1.29 is 18.9 Å².